The van der Waals surface area contributed by atoms with E-state index in [4.69, 9.17) is 16.1 Å². The van der Waals surface area contributed by atoms with Gasteiger partial charge in [-0.15, -0.1) is 6.42 Å². The Balaban J connectivity index is 1.28. The average Bonchev–Trinajstić information content (AvgIpc) is 3.68. The highest BCUT2D eigenvalue weighted by Gasteiger charge is 2.49. The Hall–Kier alpha value is -4.40. The van der Waals surface area contributed by atoms with Crippen LogP contribution in [0.2, 0.25) is 0 Å². The number of aromatic nitrogens is 3. The molecule has 47 heavy (non-hydrogen) atoms. The second kappa shape index (κ2) is 11.1. The summed E-state index contributed by atoms with van der Waals surface area (Å²) in [4.78, 5) is 18.2. The van der Waals surface area contributed by atoms with Gasteiger partial charge in [0.1, 0.15) is 41.4 Å². The first kappa shape index (κ1) is 30.0. The zero-order valence-corrected chi connectivity index (χ0v) is 26.1. The van der Waals surface area contributed by atoms with E-state index in [-0.39, 0.29) is 57.7 Å². The van der Waals surface area contributed by atoms with Gasteiger partial charge in [0.15, 0.2) is 5.82 Å². The number of nitrogens with one attached hydrogen (secondary N) is 1. The van der Waals surface area contributed by atoms with E-state index >= 15 is 4.39 Å². The Bertz CT molecular complexity index is 2000. The summed E-state index contributed by atoms with van der Waals surface area (Å²) in [6.45, 7) is 4.62. The molecule has 8 rings (SSSR count). The number of piperazine rings is 1. The van der Waals surface area contributed by atoms with E-state index in [1.807, 2.05) is 13.0 Å². The molecular formula is C36H35F3N6O2. The number of allylic oxidation sites excluding steroid dienone is 1. The predicted molar refractivity (Wildman–Crippen MR) is 174 cm³/mol. The van der Waals surface area contributed by atoms with Crippen LogP contribution < -0.4 is 15.0 Å². The first-order valence-corrected chi connectivity index (χ1v) is 16.2. The number of phenols is 1. The van der Waals surface area contributed by atoms with Crippen molar-refractivity contribution in [3.8, 4) is 35.4 Å². The van der Waals surface area contributed by atoms with E-state index in [2.05, 4.69) is 37.1 Å². The number of halogens is 3. The lowest BCUT2D eigenvalue weighted by Gasteiger charge is -2.40. The number of aromatic hydroxyl groups is 1. The summed E-state index contributed by atoms with van der Waals surface area (Å²) in [5.41, 5.74) is -0.770. The number of alkyl halides is 1. The highest BCUT2D eigenvalue weighted by Crippen LogP contribution is 2.42. The molecule has 11 heteroatoms. The number of benzene rings is 2. The summed E-state index contributed by atoms with van der Waals surface area (Å²) in [5, 5.41) is 15.4. The van der Waals surface area contributed by atoms with Gasteiger partial charge in [-0.25, -0.2) is 13.2 Å². The standard InChI is InChI=1S/C36H35F3N6O2/c1-3-9-35-11-8-23(43-35)18-44(19-35)33-27-16-40-31(26-14-24(46)13-21-6-7-28(38)25(4-2)29(21)26)30(39)32(27)41-34(42-33)47-20-36-10-5-12-45(36)17-22(37)15-36/h2-3,6-7,9,13-14,16,22-23,43,46H,5,8,10-12,15,17-20H2,1H3/b9-3-/t22-,23?,35?,36+/m1/s1. The summed E-state index contributed by atoms with van der Waals surface area (Å²) in [7, 11) is 0. The fraction of sp³-hybridized carbons (Fsp3) is 0.417. The number of rotatable bonds is 6. The molecule has 0 radical (unpaired) electrons. The molecule has 2 bridgehead atoms. The topological polar surface area (TPSA) is 86.6 Å². The first-order valence-electron chi connectivity index (χ1n) is 16.2. The number of anilines is 1. The van der Waals surface area contributed by atoms with E-state index < -0.39 is 23.3 Å². The third-order valence-corrected chi connectivity index (χ3v) is 10.5. The Morgan fingerprint density at radius 3 is 2.91 bits per heavy atom. The second-order valence-electron chi connectivity index (χ2n) is 13.5. The van der Waals surface area contributed by atoms with Gasteiger partial charge < -0.3 is 20.1 Å². The van der Waals surface area contributed by atoms with Crippen LogP contribution >= 0.6 is 0 Å². The van der Waals surface area contributed by atoms with Crippen LogP contribution in [0.3, 0.4) is 0 Å². The third kappa shape index (κ3) is 4.88. The Morgan fingerprint density at radius 1 is 1.21 bits per heavy atom. The number of fused-ring (bicyclic) bond motifs is 5. The number of terminal acetylenes is 1. The molecule has 0 saturated carbocycles. The van der Waals surface area contributed by atoms with Crippen LogP contribution in [0.25, 0.3) is 32.9 Å². The van der Waals surface area contributed by atoms with Crippen molar-refractivity contribution in [2.24, 2.45) is 0 Å². The van der Waals surface area contributed by atoms with E-state index in [0.29, 0.717) is 42.6 Å². The van der Waals surface area contributed by atoms with Crippen LogP contribution in [0, 0.1) is 24.0 Å². The second-order valence-corrected chi connectivity index (χ2v) is 13.5. The molecule has 4 aliphatic rings. The van der Waals surface area contributed by atoms with Gasteiger partial charge in [0.05, 0.1) is 22.0 Å². The molecule has 242 valence electrons. The van der Waals surface area contributed by atoms with E-state index in [0.717, 1.165) is 32.2 Å². The van der Waals surface area contributed by atoms with Crippen LogP contribution in [0.1, 0.15) is 44.6 Å². The van der Waals surface area contributed by atoms with Crippen LogP contribution in [0.5, 0.6) is 11.8 Å². The summed E-state index contributed by atoms with van der Waals surface area (Å²) >= 11 is 0. The van der Waals surface area contributed by atoms with Gasteiger partial charge in [0.25, 0.3) is 0 Å². The summed E-state index contributed by atoms with van der Waals surface area (Å²) in [5.74, 6) is 1.31. The van der Waals surface area contributed by atoms with Gasteiger partial charge in [-0.1, -0.05) is 24.1 Å². The summed E-state index contributed by atoms with van der Waals surface area (Å²) < 4.78 is 52.6. The number of phenolic OH excluding ortho intramolecular Hbond substituents is 1. The molecule has 2 unspecified atom stereocenters. The van der Waals surface area contributed by atoms with Gasteiger partial charge in [0.2, 0.25) is 0 Å². The lowest BCUT2D eigenvalue weighted by molar-refractivity contribution is 0.107. The fourth-order valence-electron chi connectivity index (χ4n) is 8.50. The normalized spacial score (nSPS) is 27.3. The van der Waals surface area contributed by atoms with Gasteiger partial charge in [-0.05, 0) is 62.7 Å². The van der Waals surface area contributed by atoms with E-state index in [9.17, 15) is 13.9 Å². The van der Waals surface area contributed by atoms with Crippen molar-refractivity contribution in [2.45, 2.75) is 62.3 Å². The van der Waals surface area contributed by atoms with Crippen molar-refractivity contribution in [3.05, 3.63) is 59.8 Å². The maximum atomic E-state index is 16.9. The largest absolute Gasteiger partial charge is 0.508 e. The van der Waals surface area contributed by atoms with Crippen molar-refractivity contribution >= 4 is 27.5 Å². The third-order valence-electron chi connectivity index (χ3n) is 10.5. The highest BCUT2D eigenvalue weighted by atomic mass is 19.1. The Labute approximate surface area is 270 Å². The lowest BCUT2D eigenvalue weighted by atomic mass is 9.95. The molecule has 2 N–H and O–H groups in total. The Morgan fingerprint density at radius 2 is 2.09 bits per heavy atom. The molecule has 4 saturated heterocycles. The Kier molecular flexibility index (Phi) is 7.08. The minimum atomic E-state index is -0.924. The molecule has 6 heterocycles. The van der Waals surface area contributed by atoms with Crippen LogP contribution in [0.15, 0.2) is 42.6 Å². The highest BCUT2D eigenvalue weighted by molar-refractivity contribution is 6.03. The molecule has 4 atom stereocenters. The van der Waals surface area contributed by atoms with Crippen LogP contribution in [-0.2, 0) is 0 Å². The number of hydrogen-bond donors (Lipinski definition) is 2. The number of hydrogen-bond acceptors (Lipinski definition) is 8. The van der Waals surface area contributed by atoms with Gasteiger partial charge in [0, 0.05) is 49.2 Å². The predicted octanol–water partition coefficient (Wildman–Crippen LogP) is 5.65. The smallest absolute Gasteiger partial charge is 0.319 e. The molecule has 4 fully saturated rings. The molecule has 0 aliphatic carbocycles. The van der Waals surface area contributed by atoms with Crippen molar-refractivity contribution < 1.29 is 23.0 Å². The monoisotopic (exact) mass is 640 g/mol. The number of nitrogens with zero attached hydrogens (tertiary/aromatic N) is 5. The van der Waals surface area contributed by atoms with E-state index in [1.165, 1.54) is 30.5 Å². The molecule has 4 aliphatic heterocycles. The van der Waals surface area contributed by atoms with Crippen LogP contribution in [-0.4, -0.2) is 81.0 Å². The van der Waals surface area contributed by atoms with Crippen molar-refractivity contribution in [1.29, 1.82) is 0 Å². The van der Waals surface area contributed by atoms with Gasteiger partial charge >= 0.3 is 6.01 Å². The van der Waals surface area contributed by atoms with Gasteiger partial charge in [-0.3, -0.25) is 9.88 Å². The van der Waals surface area contributed by atoms with Gasteiger partial charge in [-0.2, -0.15) is 9.97 Å². The average molecular weight is 641 g/mol. The number of pyridine rings is 1. The minimum Gasteiger partial charge on any atom is -0.508 e. The zero-order valence-electron chi connectivity index (χ0n) is 26.1. The fourth-order valence-corrected chi connectivity index (χ4v) is 8.50. The maximum absolute atomic E-state index is 16.9. The molecule has 8 nitrogen and oxygen atoms in total. The van der Waals surface area contributed by atoms with Crippen molar-refractivity contribution in [1.82, 2.24) is 25.2 Å². The quantitative estimate of drug-likeness (QED) is 0.207. The van der Waals surface area contributed by atoms with Crippen LogP contribution in [0.4, 0.5) is 19.0 Å². The molecule has 2 aromatic carbocycles. The molecular weight excluding hydrogens is 605 g/mol. The minimum absolute atomic E-state index is 0.00540. The number of ether oxygens (including phenoxy) is 1. The zero-order chi connectivity index (χ0) is 32.5. The molecule has 4 aromatic rings. The molecule has 2 aromatic heterocycles. The van der Waals surface area contributed by atoms with E-state index in [1.54, 1.807) is 0 Å². The lowest BCUT2D eigenvalue weighted by Crippen LogP contribution is -2.59. The summed E-state index contributed by atoms with van der Waals surface area (Å²) in [6, 6.07) is 5.68. The maximum Gasteiger partial charge on any atom is 0.319 e. The van der Waals surface area contributed by atoms with Crippen molar-refractivity contribution in [3.63, 3.8) is 0 Å². The SMILES string of the molecule is C#Cc1c(F)ccc2cc(O)cc(-c3ncc4c(N5CC6CCC(/C=C\C)(C5)N6)nc(OC[C@@]56CCCN5C[C@H](F)C6)nc4c3F)c12. The molecule has 0 amide bonds. The molecule has 0 spiro atoms. The first-order chi connectivity index (χ1) is 22.7. The summed E-state index contributed by atoms with van der Waals surface area (Å²) in [6.07, 6.45) is 14.6. The van der Waals surface area contributed by atoms with Crippen molar-refractivity contribution in [2.75, 3.05) is 37.7 Å².